The number of anilines is 1. The van der Waals surface area contributed by atoms with Crippen molar-refractivity contribution in [2.45, 2.75) is 13.8 Å². The van der Waals surface area contributed by atoms with E-state index in [2.05, 4.69) is 5.32 Å². The number of nitrogens with one attached hydrogen (secondary N) is 1. The predicted molar refractivity (Wildman–Crippen MR) is 70.2 cm³/mol. The van der Waals surface area contributed by atoms with Gasteiger partial charge < -0.3 is 5.32 Å². The fourth-order valence-electron chi connectivity index (χ4n) is 1.76. The molecule has 2 nitrogen and oxygen atoms in total. The van der Waals surface area contributed by atoms with Gasteiger partial charge in [-0.2, -0.15) is 0 Å². The first kappa shape index (κ1) is 13.2. The lowest BCUT2D eigenvalue weighted by molar-refractivity contribution is 0.102. The molecule has 2 aromatic carbocycles. The minimum absolute atomic E-state index is 0.161. The number of benzene rings is 2. The molecule has 0 radical (unpaired) electrons. The van der Waals surface area contributed by atoms with Crippen molar-refractivity contribution in [3.8, 4) is 0 Å². The Morgan fingerprint density at radius 3 is 2.53 bits per heavy atom. The minimum atomic E-state index is -0.667. The maximum atomic E-state index is 13.4. The van der Waals surface area contributed by atoms with E-state index < -0.39 is 17.5 Å². The van der Waals surface area contributed by atoms with Gasteiger partial charge in [-0.05, 0) is 37.6 Å². The van der Waals surface area contributed by atoms with Gasteiger partial charge in [0.1, 0.15) is 11.6 Å². The van der Waals surface area contributed by atoms with E-state index in [9.17, 15) is 13.6 Å². The number of hydrogen-bond acceptors (Lipinski definition) is 1. The van der Waals surface area contributed by atoms with Crippen LogP contribution in [0.25, 0.3) is 0 Å². The number of carbonyl (C=O) groups excluding carboxylic acids is 1. The quantitative estimate of drug-likeness (QED) is 0.874. The lowest BCUT2D eigenvalue weighted by atomic mass is 10.0. The van der Waals surface area contributed by atoms with Crippen molar-refractivity contribution in [1.82, 2.24) is 0 Å². The maximum absolute atomic E-state index is 13.4. The molecule has 0 unspecified atom stereocenters. The molecule has 0 spiro atoms. The smallest absolute Gasteiger partial charge is 0.256 e. The molecule has 0 saturated carbocycles. The van der Waals surface area contributed by atoms with Crippen LogP contribution in [0.2, 0.25) is 0 Å². The minimum Gasteiger partial charge on any atom is -0.319 e. The van der Waals surface area contributed by atoms with Gasteiger partial charge in [0, 0.05) is 11.6 Å². The zero-order chi connectivity index (χ0) is 14.0. The van der Waals surface area contributed by atoms with Crippen LogP contribution < -0.4 is 5.32 Å². The van der Waals surface area contributed by atoms with E-state index in [0.29, 0.717) is 5.56 Å². The number of hydrogen-bond donors (Lipinski definition) is 1. The molecule has 98 valence electrons. The van der Waals surface area contributed by atoms with Gasteiger partial charge >= 0.3 is 0 Å². The molecule has 0 aliphatic carbocycles. The summed E-state index contributed by atoms with van der Waals surface area (Å²) < 4.78 is 26.5. The summed E-state index contributed by atoms with van der Waals surface area (Å²) in [6.45, 7) is 3.65. The number of carbonyl (C=O) groups is 1. The zero-order valence-corrected chi connectivity index (χ0v) is 10.6. The van der Waals surface area contributed by atoms with E-state index in [1.54, 1.807) is 13.0 Å². The predicted octanol–water partition coefficient (Wildman–Crippen LogP) is 3.83. The van der Waals surface area contributed by atoms with E-state index in [1.165, 1.54) is 0 Å². The van der Waals surface area contributed by atoms with Crippen LogP contribution in [0.5, 0.6) is 0 Å². The van der Waals surface area contributed by atoms with E-state index >= 15 is 0 Å². The zero-order valence-electron chi connectivity index (χ0n) is 10.6. The Kier molecular flexibility index (Phi) is 3.60. The topological polar surface area (TPSA) is 29.1 Å². The fraction of sp³-hybridized carbons (Fsp3) is 0.133. The SMILES string of the molecule is Cc1ccc(C)c(C(=O)Nc2cc(F)ccc2F)c1. The molecule has 0 saturated heterocycles. The molecule has 0 atom stereocenters. The summed E-state index contributed by atoms with van der Waals surface area (Å²) in [5.41, 5.74) is 1.99. The normalized spacial score (nSPS) is 10.3. The van der Waals surface area contributed by atoms with Gasteiger partial charge in [0.15, 0.2) is 0 Å². The summed E-state index contributed by atoms with van der Waals surface area (Å²) in [7, 11) is 0. The van der Waals surface area contributed by atoms with Gasteiger partial charge in [-0.25, -0.2) is 8.78 Å². The number of rotatable bonds is 2. The molecule has 0 aromatic heterocycles. The number of aryl methyl sites for hydroxylation is 2. The molecule has 0 bridgehead atoms. The Morgan fingerprint density at radius 1 is 1.05 bits per heavy atom. The van der Waals surface area contributed by atoms with Crippen LogP contribution in [0, 0.1) is 25.5 Å². The lowest BCUT2D eigenvalue weighted by Gasteiger charge is -2.09. The van der Waals surface area contributed by atoms with E-state index in [0.717, 1.165) is 29.3 Å². The largest absolute Gasteiger partial charge is 0.319 e. The average Bonchev–Trinajstić information content (AvgIpc) is 2.36. The third-order valence-electron chi connectivity index (χ3n) is 2.81. The first-order valence-corrected chi connectivity index (χ1v) is 5.81. The number of amides is 1. The van der Waals surface area contributed by atoms with Gasteiger partial charge in [-0.3, -0.25) is 4.79 Å². The second-order valence-electron chi connectivity index (χ2n) is 4.40. The van der Waals surface area contributed by atoms with E-state index in [1.807, 2.05) is 19.1 Å². The highest BCUT2D eigenvalue weighted by Gasteiger charge is 2.12. The van der Waals surface area contributed by atoms with Crippen LogP contribution in [-0.2, 0) is 0 Å². The molecule has 19 heavy (non-hydrogen) atoms. The number of halogens is 2. The molecular weight excluding hydrogens is 248 g/mol. The third-order valence-corrected chi connectivity index (χ3v) is 2.81. The monoisotopic (exact) mass is 261 g/mol. The van der Waals surface area contributed by atoms with Gasteiger partial charge in [-0.15, -0.1) is 0 Å². The Bertz CT molecular complexity index is 638. The van der Waals surface area contributed by atoms with Crippen LogP contribution >= 0.6 is 0 Å². The van der Waals surface area contributed by atoms with Crippen molar-refractivity contribution < 1.29 is 13.6 Å². The van der Waals surface area contributed by atoms with Crippen molar-refractivity contribution in [1.29, 1.82) is 0 Å². The molecule has 0 aliphatic heterocycles. The Balaban J connectivity index is 2.30. The van der Waals surface area contributed by atoms with Gasteiger partial charge in [0.2, 0.25) is 0 Å². The third kappa shape index (κ3) is 2.96. The fourth-order valence-corrected chi connectivity index (χ4v) is 1.76. The molecule has 1 amide bonds. The second-order valence-corrected chi connectivity index (χ2v) is 4.40. The Labute approximate surface area is 110 Å². The molecule has 1 N–H and O–H groups in total. The summed E-state index contributed by atoms with van der Waals surface area (Å²) in [6.07, 6.45) is 0. The summed E-state index contributed by atoms with van der Waals surface area (Å²) in [6, 6.07) is 8.35. The van der Waals surface area contributed by atoms with Gasteiger partial charge in [-0.1, -0.05) is 17.7 Å². The van der Waals surface area contributed by atoms with Crippen molar-refractivity contribution in [3.05, 3.63) is 64.7 Å². The van der Waals surface area contributed by atoms with Crippen LogP contribution in [0.4, 0.5) is 14.5 Å². The summed E-state index contributed by atoms with van der Waals surface area (Å²) >= 11 is 0. The lowest BCUT2D eigenvalue weighted by Crippen LogP contribution is -2.14. The first-order valence-electron chi connectivity index (χ1n) is 5.81. The highest BCUT2D eigenvalue weighted by Crippen LogP contribution is 2.18. The summed E-state index contributed by atoms with van der Waals surface area (Å²) in [5, 5.41) is 2.38. The van der Waals surface area contributed by atoms with Crippen LogP contribution in [0.15, 0.2) is 36.4 Å². The van der Waals surface area contributed by atoms with Crippen LogP contribution in [0.1, 0.15) is 21.5 Å². The maximum Gasteiger partial charge on any atom is 0.256 e. The van der Waals surface area contributed by atoms with Crippen molar-refractivity contribution >= 4 is 11.6 Å². The summed E-state index contributed by atoms with van der Waals surface area (Å²) in [4.78, 5) is 12.1. The standard InChI is InChI=1S/C15H13F2NO/c1-9-3-4-10(2)12(7-9)15(19)18-14-8-11(16)5-6-13(14)17/h3-8H,1-2H3,(H,18,19). The van der Waals surface area contributed by atoms with Crippen molar-refractivity contribution in [2.75, 3.05) is 5.32 Å². The van der Waals surface area contributed by atoms with Crippen LogP contribution in [-0.4, -0.2) is 5.91 Å². The summed E-state index contributed by atoms with van der Waals surface area (Å²) in [5.74, 6) is -1.72. The van der Waals surface area contributed by atoms with Crippen LogP contribution in [0.3, 0.4) is 0 Å². The molecule has 2 aromatic rings. The average molecular weight is 261 g/mol. The highest BCUT2D eigenvalue weighted by molar-refractivity contribution is 6.05. The second kappa shape index (κ2) is 5.18. The molecular formula is C15H13F2NO. The van der Waals surface area contributed by atoms with Gasteiger partial charge in [0.25, 0.3) is 5.91 Å². The molecule has 0 fully saturated rings. The van der Waals surface area contributed by atoms with Crippen molar-refractivity contribution in [3.63, 3.8) is 0 Å². The van der Waals surface area contributed by atoms with Crippen molar-refractivity contribution in [2.24, 2.45) is 0 Å². The van der Waals surface area contributed by atoms with E-state index in [4.69, 9.17) is 0 Å². The Hall–Kier alpha value is -2.23. The van der Waals surface area contributed by atoms with Gasteiger partial charge in [0.05, 0.1) is 5.69 Å². The first-order chi connectivity index (χ1) is 8.97. The molecule has 0 heterocycles. The highest BCUT2D eigenvalue weighted by atomic mass is 19.1. The molecule has 0 aliphatic rings. The Morgan fingerprint density at radius 2 is 1.79 bits per heavy atom. The molecule has 2 rings (SSSR count). The van der Waals surface area contributed by atoms with E-state index in [-0.39, 0.29) is 5.69 Å². The molecule has 4 heteroatoms.